The van der Waals surface area contributed by atoms with Gasteiger partial charge in [-0.2, -0.15) is 0 Å². The van der Waals surface area contributed by atoms with Crippen LogP contribution in [0.5, 0.6) is 0 Å². The van der Waals surface area contributed by atoms with Crippen LogP contribution in [0.3, 0.4) is 0 Å². The number of amides is 1. The van der Waals surface area contributed by atoms with Crippen molar-refractivity contribution in [3.8, 4) is 0 Å². The van der Waals surface area contributed by atoms with Gasteiger partial charge in [0.2, 0.25) is 0 Å². The first-order valence-electron chi connectivity index (χ1n) is 6.30. The summed E-state index contributed by atoms with van der Waals surface area (Å²) in [4.78, 5) is 34.1. The van der Waals surface area contributed by atoms with Crippen LogP contribution in [0, 0.1) is 0 Å². The third-order valence-electron chi connectivity index (χ3n) is 2.51. The van der Waals surface area contributed by atoms with Gasteiger partial charge in [-0.25, -0.2) is 15.8 Å². The van der Waals surface area contributed by atoms with E-state index in [2.05, 4.69) is 15.0 Å². The Balaban J connectivity index is 2.04. The molecular formula is C12H15N5O2S2. The van der Waals surface area contributed by atoms with E-state index >= 15 is 0 Å². The number of carbonyl (C=O) groups excluding carboxylic acids is 1. The quantitative estimate of drug-likeness (QED) is 0.241. The molecule has 0 aliphatic carbocycles. The number of nitrogens with zero attached hydrogens (tertiary/aromatic N) is 2. The van der Waals surface area contributed by atoms with Crippen LogP contribution in [-0.2, 0) is 12.2 Å². The number of hydrogen-bond acceptors (Lipinski definition) is 7. The van der Waals surface area contributed by atoms with Crippen molar-refractivity contribution in [1.82, 2.24) is 20.4 Å². The number of hydrogen-bond donors (Lipinski definition) is 3. The maximum Gasteiger partial charge on any atom is 0.294 e. The number of aromatic amines is 1. The van der Waals surface area contributed by atoms with Crippen LogP contribution in [0.1, 0.15) is 34.5 Å². The minimum absolute atomic E-state index is 0.155. The van der Waals surface area contributed by atoms with E-state index in [-0.39, 0.29) is 5.56 Å². The van der Waals surface area contributed by atoms with Crippen LogP contribution < -0.4 is 16.8 Å². The van der Waals surface area contributed by atoms with Gasteiger partial charge in [-0.05, 0) is 6.42 Å². The molecule has 0 atom stereocenters. The molecule has 2 aromatic heterocycles. The molecule has 0 saturated carbocycles. The van der Waals surface area contributed by atoms with Crippen molar-refractivity contribution in [3.63, 3.8) is 0 Å². The lowest BCUT2D eigenvalue weighted by Crippen LogP contribution is -2.29. The van der Waals surface area contributed by atoms with Gasteiger partial charge in [-0.15, -0.1) is 11.3 Å². The predicted molar refractivity (Wildman–Crippen MR) is 82.2 cm³/mol. The van der Waals surface area contributed by atoms with E-state index in [9.17, 15) is 9.59 Å². The summed E-state index contributed by atoms with van der Waals surface area (Å²) in [7, 11) is 0. The van der Waals surface area contributed by atoms with Crippen LogP contribution in [-0.4, -0.2) is 20.9 Å². The Morgan fingerprint density at radius 2 is 2.29 bits per heavy atom. The lowest BCUT2D eigenvalue weighted by molar-refractivity contribution is 0.0953. The second-order valence-electron chi connectivity index (χ2n) is 4.20. The average Bonchev–Trinajstić information content (AvgIpc) is 2.93. The monoisotopic (exact) mass is 325 g/mol. The smallest absolute Gasteiger partial charge is 0.294 e. The molecule has 0 aromatic carbocycles. The molecule has 1 amide bonds. The first-order valence-corrected chi connectivity index (χ1v) is 8.17. The highest BCUT2D eigenvalue weighted by Gasteiger charge is 2.10. The Kier molecular flexibility index (Phi) is 5.48. The Hall–Kier alpha value is -1.71. The van der Waals surface area contributed by atoms with Gasteiger partial charge in [0.1, 0.15) is 0 Å². The molecule has 7 nitrogen and oxygen atoms in total. The molecule has 4 N–H and O–H groups in total. The van der Waals surface area contributed by atoms with Crippen LogP contribution in [0.4, 0.5) is 0 Å². The zero-order valence-corrected chi connectivity index (χ0v) is 13.0. The van der Waals surface area contributed by atoms with Crippen molar-refractivity contribution in [2.24, 2.45) is 5.84 Å². The number of thioether (sulfide) groups is 1. The normalized spacial score (nSPS) is 10.6. The lowest BCUT2D eigenvalue weighted by atomic mass is 10.2. The van der Waals surface area contributed by atoms with Gasteiger partial charge >= 0.3 is 0 Å². The molecule has 0 radical (unpaired) electrons. The largest absolute Gasteiger partial charge is 0.301 e. The van der Waals surface area contributed by atoms with Gasteiger partial charge in [0.05, 0.1) is 5.69 Å². The molecule has 0 saturated heterocycles. The molecule has 2 rings (SSSR count). The molecule has 2 heterocycles. The second kappa shape index (κ2) is 7.34. The van der Waals surface area contributed by atoms with E-state index < -0.39 is 5.91 Å². The zero-order chi connectivity index (χ0) is 15.2. The molecule has 0 spiro atoms. The fourth-order valence-electron chi connectivity index (χ4n) is 1.62. The summed E-state index contributed by atoms with van der Waals surface area (Å²) in [5, 5.41) is 2.66. The topological polar surface area (TPSA) is 114 Å². The average molecular weight is 325 g/mol. The number of nitrogens with two attached hydrogens (primary N) is 1. The second-order valence-corrected chi connectivity index (χ2v) is 6.02. The predicted octanol–water partition coefficient (Wildman–Crippen LogP) is 1.07. The molecule has 0 aliphatic rings. The third kappa shape index (κ3) is 4.38. The SMILES string of the molecule is CCCc1cc(=O)[nH]c(SCc2csc(C(=O)NN)n2)n1. The number of aryl methyl sites for hydroxylation is 1. The summed E-state index contributed by atoms with van der Waals surface area (Å²) < 4.78 is 0. The maximum absolute atomic E-state index is 11.5. The summed E-state index contributed by atoms with van der Waals surface area (Å²) >= 11 is 2.60. The number of thiazole rings is 1. The summed E-state index contributed by atoms with van der Waals surface area (Å²) in [5.74, 6) is 5.16. The highest BCUT2D eigenvalue weighted by Crippen LogP contribution is 2.20. The van der Waals surface area contributed by atoms with Gasteiger partial charge in [0.25, 0.3) is 11.5 Å². The zero-order valence-electron chi connectivity index (χ0n) is 11.4. The van der Waals surface area contributed by atoms with E-state index in [1.807, 2.05) is 12.3 Å². The Morgan fingerprint density at radius 1 is 1.48 bits per heavy atom. The Bertz CT molecular complexity index is 682. The molecule has 21 heavy (non-hydrogen) atoms. The lowest BCUT2D eigenvalue weighted by Gasteiger charge is -2.02. The van der Waals surface area contributed by atoms with Crippen LogP contribution in [0.25, 0.3) is 0 Å². The fraction of sp³-hybridized carbons (Fsp3) is 0.333. The van der Waals surface area contributed by atoms with Crippen molar-refractivity contribution in [3.05, 3.63) is 38.2 Å². The highest BCUT2D eigenvalue weighted by molar-refractivity contribution is 7.98. The van der Waals surface area contributed by atoms with E-state index in [1.54, 1.807) is 5.38 Å². The number of hydrazine groups is 1. The van der Waals surface area contributed by atoms with Gasteiger partial charge in [0, 0.05) is 22.9 Å². The van der Waals surface area contributed by atoms with Crippen molar-refractivity contribution >= 4 is 29.0 Å². The van der Waals surface area contributed by atoms with E-state index in [1.165, 1.54) is 29.2 Å². The van der Waals surface area contributed by atoms with Gasteiger partial charge in [0.15, 0.2) is 10.2 Å². The van der Waals surface area contributed by atoms with Crippen molar-refractivity contribution in [1.29, 1.82) is 0 Å². The highest BCUT2D eigenvalue weighted by atomic mass is 32.2. The minimum atomic E-state index is -0.410. The van der Waals surface area contributed by atoms with E-state index in [0.717, 1.165) is 24.2 Å². The maximum atomic E-state index is 11.5. The first kappa shape index (κ1) is 15.7. The summed E-state index contributed by atoms with van der Waals surface area (Å²) in [6.45, 7) is 2.04. The summed E-state index contributed by atoms with van der Waals surface area (Å²) in [6, 6.07) is 1.51. The van der Waals surface area contributed by atoms with Crippen LogP contribution in [0.15, 0.2) is 21.4 Å². The molecule has 112 valence electrons. The number of aromatic nitrogens is 3. The van der Waals surface area contributed by atoms with E-state index in [4.69, 9.17) is 5.84 Å². The van der Waals surface area contributed by atoms with Crippen molar-refractivity contribution in [2.45, 2.75) is 30.7 Å². The first-order chi connectivity index (χ1) is 10.1. The molecule has 9 heteroatoms. The molecule has 0 bridgehead atoms. The molecule has 0 fully saturated rings. The van der Waals surface area contributed by atoms with E-state index in [0.29, 0.717) is 15.9 Å². The number of nitrogens with one attached hydrogen (secondary N) is 2. The minimum Gasteiger partial charge on any atom is -0.301 e. The number of H-pyrrole nitrogens is 1. The fourth-order valence-corrected chi connectivity index (χ4v) is 3.23. The Morgan fingerprint density at radius 3 is 3.00 bits per heavy atom. The van der Waals surface area contributed by atoms with Crippen molar-refractivity contribution < 1.29 is 4.79 Å². The summed E-state index contributed by atoms with van der Waals surface area (Å²) in [5.41, 5.74) is 3.41. The molecule has 2 aromatic rings. The summed E-state index contributed by atoms with van der Waals surface area (Å²) in [6.07, 6.45) is 1.71. The van der Waals surface area contributed by atoms with Crippen molar-refractivity contribution in [2.75, 3.05) is 0 Å². The molecule has 0 aliphatic heterocycles. The molecular weight excluding hydrogens is 310 g/mol. The molecule has 0 unspecified atom stereocenters. The standard InChI is InChI=1S/C12H15N5O2S2/c1-2-3-7-4-9(18)16-12(15-7)21-6-8-5-20-11(14-8)10(19)17-13/h4-5H,2-3,6,13H2,1H3,(H,17,19)(H,15,16,18). The van der Waals surface area contributed by atoms with Gasteiger partial charge in [-0.1, -0.05) is 25.1 Å². The van der Waals surface area contributed by atoms with Crippen LogP contribution >= 0.6 is 23.1 Å². The third-order valence-corrected chi connectivity index (χ3v) is 4.31. The van der Waals surface area contributed by atoms with Gasteiger partial charge < -0.3 is 4.98 Å². The number of rotatable bonds is 6. The van der Waals surface area contributed by atoms with Gasteiger partial charge in [-0.3, -0.25) is 15.0 Å². The number of nitrogen functional groups attached to an aromatic ring is 1. The van der Waals surface area contributed by atoms with Crippen LogP contribution in [0.2, 0.25) is 0 Å². The Labute approximate surface area is 129 Å². The number of carbonyl (C=O) groups is 1.